The Morgan fingerprint density at radius 3 is 2.57 bits per heavy atom. The van der Waals surface area contributed by atoms with Gasteiger partial charge in [0.15, 0.2) is 0 Å². The average molecular weight is 324 g/mol. The highest BCUT2D eigenvalue weighted by Crippen LogP contribution is 2.29. The Morgan fingerprint density at radius 2 is 1.90 bits per heavy atom. The van der Waals surface area contributed by atoms with Gasteiger partial charge in [-0.25, -0.2) is 4.79 Å². The largest absolute Gasteiger partial charge is 0.465 e. The van der Waals surface area contributed by atoms with E-state index in [0.29, 0.717) is 21.3 Å². The van der Waals surface area contributed by atoms with Crippen molar-refractivity contribution < 1.29 is 9.53 Å². The van der Waals surface area contributed by atoms with Crippen LogP contribution in [0.15, 0.2) is 42.5 Å². The van der Waals surface area contributed by atoms with E-state index in [1.54, 1.807) is 18.2 Å². The van der Waals surface area contributed by atoms with Crippen LogP contribution in [-0.4, -0.2) is 13.1 Å². The van der Waals surface area contributed by atoms with Crippen molar-refractivity contribution in [1.82, 2.24) is 0 Å². The molecule has 0 saturated carbocycles. The van der Waals surface area contributed by atoms with Crippen molar-refractivity contribution in [3.05, 3.63) is 63.6 Å². The van der Waals surface area contributed by atoms with Crippen molar-refractivity contribution in [2.45, 2.75) is 13.0 Å². The number of halogens is 2. The number of hydrogen-bond acceptors (Lipinski definition) is 3. The van der Waals surface area contributed by atoms with Crippen LogP contribution in [0.25, 0.3) is 0 Å². The van der Waals surface area contributed by atoms with Gasteiger partial charge in [0.2, 0.25) is 0 Å². The molecule has 0 fully saturated rings. The first-order chi connectivity index (χ1) is 10.0. The molecule has 1 atom stereocenters. The minimum Gasteiger partial charge on any atom is -0.465 e. The highest BCUT2D eigenvalue weighted by atomic mass is 35.5. The molecule has 0 spiro atoms. The first-order valence-corrected chi connectivity index (χ1v) is 7.17. The molecule has 0 aliphatic heterocycles. The van der Waals surface area contributed by atoms with E-state index in [0.717, 1.165) is 5.56 Å². The predicted octanol–water partition coefficient (Wildman–Crippen LogP) is 4.95. The number of anilines is 1. The summed E-state index contributed by atoms with van der Waals surface area (Å²) in [5, 5.41) is 4.46. The summed E-state index contributed by atoms with van der Waals surface area (Å²) in [4.78, 5) is 11.8. The fourth-order valence-electron chi connectivity index (χ4n) is 2.06. The maximum Gasteiger partial charge on any atom is 0.339 e. The SMILES string of the molecule is COC(=O)c1ccc(Cl)cc1NC(C)c1ccccc1Cl. The van der Waals surface area contributed by atoms with Gasteiger partial charge < -0.3 is 10.1 Å². The van der Waals surface area contributed by atoms with Crippen molar-refractivity contribution in [3.63, 3.8) is 0 Å². The predicted molar refractivity (Wildman–Crippen MR) is 86.3 cm³/mol. The van der Waals surface area contributed by atoms with Gasteiger partial charge in [0, 0.05) is 10.0 Å². The zero-order chi connectivity index (χ0) is 15.4. The molecule has 0 bridgehead atoms. The lowest BCUT2D eigenvalue weighted by Gasteiger charge is -2.19. The minimum atomic E-state index is -0.416. The molecule has 0 amide bonds. The smallest absolute Gasteiger partial charge is 0.339 e. The molecule has 3 nitrogen and oxygen atoms in total. The zero-order valence-corrected chi connectivity index (χ0v) is 13.2. The molecule has 0 aliphatic carbocycles. The number of carbonyl (C=O) groups is 1. The summed E-state index contributed by atoms with van der Waals surface area (Å²) in [7, 11) is 1.35. The fraction of sp³-hybridized carbons (Fsp3) is 0.188. The molecule has 5 heteroatoms. The number of carbonyl (C=O) groups excluding carboxylic acids is 1. The Kier molecular flexibility index (Phi) is 5.10. The van der Waals surface area contributed by atoms with Crippen LogP contribution in [0.3, 0.4) is 0 Å². The third-order valence-corrected chi connectivity index (χ3v) is 3.71. The van der Waals surface area contributed by atoms with Crippen LogP contribution < -0.4 is 5.32 Å². The van der Waals surface area contributed by atoms with E-state index in [2.05, 4.69) is 5.32 Å². The Morgan fingerprint density at radius 1 is 1.19 bits per heavy atom. The summed E-state index contributed by atoms with van der Waals surface area (Å²) in [6.45, 7) is 1.96. The van der Waals surface area contributed by atoms with Crippen molar-refractivity contribution in [2.24, 2.45) is 0 Å². The molecule has 0 saturated heterocycles. The Hall–Kier alpha value is -1.71. The standard InChI is InChI=1S/C16H15Cl2NO2/c1-10(12-5-3-4-6-14(12)18)19-15-9-11(17)7-8-13(15)16(20)21-2/h3-10,19H,1-2H3. The molecule has 0 aliphatic rings. The second-order valence-corrected chi connectivity index (χ2v) is 5.41. The van der Waals surface area contributed by atoms with Crippen LogP contribution in [-0.2, 0) is 4.74 Å². The van der Waals surface area contributed by atoms with Gasteiger partial charge >= 0.3 is 5.97 Å². The quantitative estimate of drug-likeness (QED) is 0.809. The van der Waals surface area contributed by atoms with Gasteiger partial charge in [-0.05, 0) is 36.8 Å². The summed E-state index contributed by atoms with van der Waals surface area (Å²) < 4.78 is 4.78. The molecule has 21 heavy (non-hydrogen) atoms. The van der Waals surface area contributed by atoms with E-state index in [9.17, 15) is 4.79 Å². The average Bonchev–Trinajstić information content (AvgIpc) is 2.47. The third kappa shape index (κ3) is 3.69. The van der Waals surface area contributed by atoms with Crippen molar-refractivity contribution in [2.75, 3.05) is 12.4 Å². The highest BCUT2D eigenvalue weighted by Gasteiger charge is 2.16. The van der Waals surface area contributed by atoms with Crippen LogP contribution in [0.2, 0.25) is 10.0 Å². The summed E-state index contributed by atoms with van der Waals surface area (Å²) in [6.07, 6.45) is 0. The summed E-state index contributed by atoms with van der Waals surface area (Å²) in [6, 6.07) is 12.4. The maximum absolute atomic E-state index is 11.8. The maximum atomic E-state index is 11.8. The van der Waals surface area contributed by atoms with E-state index in [1.807, 2.05) is 31.2 Å². The normalized spacial score (nSPS) is 11.8. The molecule has 1 N–H and O–H groups in total. The van der Waals surface area contributed by atoms with Gasteiger partial charge in [-0.2, -0.15) is 0 Å². The van der Waals surface area contributed by atoms with Gasteiger partial charge in [0.1, 0.15) is 0 Å². The molecule has 2 rings (SSSR count). The minimum absolute atomic E-state index is 0.0828. The molecule has 2 aromatic rings. The third-order valence-electron chi connectivity index (χ3n) is 3.13. The Labute approximate surface area is 133 Å². The molecule has 110 valence electrons. The lowest BCUT2D eigenvalue weighted by Crippen LogP contribution is -2.12. The molecule has 0 aromatic heterocycles. The monoisotopic (exact) mass is 323 g/mol. The molecule has 0 heterocycles. The summed E-state index contributed by atoms with van der Waals surface area (Å²) in [5.41, 5.74) is 1.98. The number of nitrogens with one attached hydrogen (secondary N) is 1. The number of hydrogen-bond donors (Lipinski definition) is 1. The van der Waals surface area contributed by atoms with Crippen LogP contribution in [0.4, 0.5) is 5.69 Å². The van der Waals surface area contributed by atoms with E-state index in [-0.39, 0.29) is 6.04 Å². The first-order valence-electron chi connectivity index (χ1n) is 6.41. The van der Waals surface area contributed by atoms with Crippen LogP contribution >= 0.6 is 23.2 Å². The molecular weight excluding hydrogens is 309 g/mol. The number of methoxy groups -OCH3 is 1. The van der Waals surface area contributed by atoms with E-state index >= 15 is 0 Å². The Balaban J connectivity index is 2.32. The number of benzene rings is 2. The van der Waals surface area contributed by atoms with E-state index in [4.69, 9.17) is 27.9 Å². The van der Waals surface area contributed by atoms with Gasteiger partial charge in [-0.1, -0.05) is 41.4 Å². The first kappa shape index (κ1) is 15.7. The zero-order valence-electron chi connectivity index (χ0n) is 11.7. The topological polar surface area (TPSA) is 38.3 Å². The van der Waals surface area contributed by atoms with Gasteiger partial charge in [0.05, 0.1) is 24.4 Å². The highest BCUT2D eigenvalue weighted by molar-refractivity contribution is 6.31. The number of rotatable bonds is 4. The summed E-state index contributed by atoms with van der Waals surface area (Å²) in [5.74, 6) is -0.416. The van der Waals surface area contributed by atoms with Crippen LogP contribution in [0, 0.1) is 0 Å². The van der Waals surface area contributed by atoms with Gasteiger partial charge in [-0.3, -0.25) is 0 Å². The van der Waals surface area contributed by atoms with E-state index in [1.165, 1.54) is 7.11 Å². The Bertz CT molecular complexity index is 658. The second kappa shape index (κ2) is 6.83. The van der Waals surface area contributed by atoms with Crippen LogP contribution in [0.5, 0.6) is 0 Å². The second-order valence-electron chi connectivity index (χ2n) is 4.57. The number of esters is 1. The van der Waals surface area contributed by atoms with Gasteiger partial charge in [-0.15, -0.1) is 0 Å². The van der Waals surface area contributed by atoms with Crippen LogP contribution in [0.1, 0.15) is 28.9 Å². The summed E-state index contributed by atoms with van der Waals surface area (Å²) >= 11 is 12.2. The molecule has 0 radical (unpaired) electrons. The molecule has 2 aromatic carbocycles. The fourth-order valence-corrected chi connectivity index (χ4v) is 2.53. The van der Waals surface area contributed by atoms with Crippen molar-refractivity contribution in [3.8, 4) is 0 Å². The van der Waals surface area contributed by atoms with Crippen molar-refractivity contribution >= 4 is 34.9 Å². The molecular formula is C16H15Cl2NO2. The van der Waals surface area contributed by atoms with Crippen molar-refractivity contribution in [1.29, 1.82) is 0 Å². The van der Waals surface area contributed by atoms with E-state index < -0.39 is 5.97 Å². The lowest BCUT2D eigenvalue weighted by atomic mass is 10.1. The molecule has 1 unspecified atom stereocenters. The lowest BCUT2D eigenvalue weighted by molar-refractivity contribution is 0.0602. The van der Waals surface area contributed by atoms with Gasteiger partial charge in [0.25, 0.3) is 0 Å². The number of ether oxygens (including phenoxy) is 1.